The number of carbonyl (C=O) groups excluding carboxylic acids is 2. The molecule has 0 aliphatic carbocycles. The Morgan fingerprint density at radius 3 is 2.81 bits per heavy atom. The topological polar surface area (TPSA) is 105 Å². The molecule has 2 aromatic heterocycles. The van der Waals surface area contributed by atoms with Crippen molar-refractivity contribution in [1.82, 2.24) is 30.5 Å². The molecule has 27 heavy (non-hydrogen) atoms. The molecule has 3 heterocycles. The van der Waals surface area contributed by atoms with Crippen LogP contribution in [0.4, 0.5) is 0 Å². The molecular weight excluding hydrogens is 348 g/mol. The van der Waals surface area contributed by atoms with E-state index in [1.54, 1.807) is 0 Å². The van der Waals surface area contributed by atoms with Crippen molar-refractivity contribution < 1.29 is 14.1 Å². The van der Waals surface area contributed by atoms with E-state index in [0.717, 1.165) is 17.8 Å². The van der Waals surface area contributed by atoms with Crippen LogP contribution in [0.15, 0.2) is 23.0 Å². The van der Waals surface area contributed by atoms with E-state index in [1.807, 2.05) is 31.6 Å². The molecule has 1 fully saturated rings. The average molecular weight is 374 g/mol. The lowest BCUT2D eigenvalue weighted by Crippen LogP contribution is -2.42. The molecule has 0 radical (unpaired) electrons. The summed E-state index contributed by atoms with van der Waals surface area (Å²) in [5.74, 6) is -0.309. The number of nitrogens with one attached hydrogen (secondary N) is 2. The number of hydrogen-bond acceptors (Lipinski definition) is 6. The van der Waals surface area contributed by atoms with E-state index in [-0.39, 0.29) is 29.6 Å². The summed E-state index contributed by atoms with van der Waals surface area (Å²) in [6, 6.07) is 1.09. The summed E-state index contributed by atoms with van der Waals surface area (Å²) in [6.45, 7) is 8.49. The van der Waals surface area contributed by atoms with Crippen LogP contribution < -0.4 is 10.6 Å². The maximum Gasteiger partial charge on any atom is 0.273 e. The lowest BCUT2D eigenvalue weighted by atomic mass is 10.1. The van der Waals surface area contributed by atoms with Gasteiger partial charge in [0.25, 0.3) is 5.91 Å². The maximum atomic E-state index is 12.5. The van der Waals surface area contributed by atoms with Crippen LogP contribution in [0.3, 0.4) is 0 Å². The van der Waals surface area contributed by atoms with Crippen LogP contribution in [0.25, 0.3) is 0 Å². The predicted octanol–water partition coefficient (Wildman–Crippen LogP) is 0.708. The second kappa shape index (κ2) is 8.34. The summed E-state index contributed by atoms with van der Waals surface area (Å²) in [6.07, 6.45) is 3.93. The van der Waals surface area contributed by atoms with Gasteiger partial charge in [-0.2, -0.15) is 5.10 Å². The standard InChI is InChI=1S/C18H26N6O3/c1-4-19-18(26)16-8-14(20-17(25)15-6-7-27-22-15)11-23(16)9-13-10-24(5-2)21-12(13)3/h6-7,10,14,16H,4-5,8-9,11H2,1-3H3,(H,19,26)(H,20,25)/t14-,16-/m0/s1. The molecule has 0 spiro atoms. The van der Waals surface area contributed by atoms with Gasteiger partial charge >= 0.3 is 0 Å². The Labute approximate surface area is 158 Å². The summed E-state index contributed by atoms with van der Waals surface area (Å²) in [5.41, 5.74) is 2.29. The van der Waals surface area contributed by atoms with Gasteiger partial charge < -0.3 is 15.2 Å². The predicted molar refractivity (Wildman–Crippen MR) is 97.9 cm³/mol. The van der Waals surface area contributed by atoms with Crippen LogP contribution in [0.1, 0.15) is 42.0 Å². The lowest BCUT2D eigenvalue weighted by molar-refractivity contribution is -0.125. The summed E-state index contributed by atoms with van der Waals surface area (Å²) >= 11 is 0. The van der Waals surface area contributed by atoms with Crippen LogP contribution in [-0.2, 0) is 17.9 Å². The van der Waals surface area contributed by atoms with E-state index < -0.39 is 0 Å². The number of hydrogen-bond donors (Lipinski definition) is 2. The van der Waals surface area contributed by atoms with Crippen molar-refractivity contribution in [2.24, 2.45) is 0 Å². The monoisotopic (exact) mass is 374 g/mol. The molecule has 1 aliphatic rings. The van der Waals surface area contributed by atoms with Gasteiger partial charge in [-0.25, -0.2) is 0 Å². The number of rotatable bonds is 7. The molecule has 1 saturated heterocycles. The van der Waals surface area contributed by atoms with Crippen molar-refractivity contribution in [3.63, 3.8) is 0 Å². The first-order valence-electron chi connectivity index (χ1n) is 9.27. The second-order valence-corrected chi connectivity index (χ2v) is 6.73. The van der Waals surface area contributed by atoms with Crippen LogP contribution in [-0.4, -0.2) is 56.8 Å². The fourth-order valence-corrected chi connectivity index (χ4v) is 3.43. The number of aryl methyl sites for hydroxylation is 2. The molecule has 0 aromatic carbocycles. The fourth-order valence-electron chi connectivity index (χ4n) is 3.43. The van der Waals surface area contributed by atoms with Gasteiger partial charge in [-0.3, -0.25) is 19.2 Å². The summed E-state index contributed by atoms with van der Waals surface area (Å²) < 4.78 is 6.62. The molecule has 2 atom stereocenters. The van der Waals surface area contributed by atoms with Crippen molar-refractivity contribution in [3.8, 4) is 0 Å². The minimum Gasteiger partial charge on any atom is -0.364 e. The van der Waals surface area contributed by atoms with Crippen molar-refractivity contribution in [1.29, 1.82) is 0 Å². The van der Waals surface area contributed by atoms with E-state index in [1.165, 1.54) is 12.3 Å². The lowest BCUT2D eigenvalue weighted by Gasteiger charge is -2.22. The van der Waals surface area contributed by atoms with Crippen LogP contribution in [0, 0.1) is 6.92 Å². The molecule has 0 bridgehead atoms. The Bertz CT molecular complexity index is 785. The number of likely N-dealkylation sites (N-methyl/N-ethyl adjacent to an activating group) is 1. The number of amides is 2. The average Bonchev–Trinajstić information content (AvgIpc) is 3.36. The molecule has 2 N–H and O–H groups in total. The molecule has 9 nitrogen and oxygen atoms in total. The molecule has 2 aromatic rings. The van der Waals surface area contributed by atoms with Gasteiger partial charge in [0.2, 0.25) is 5.91 Å². The van der Waals surface area contributed by atoms with Crippen molar-refractivity contribution in [3.05, 3.63) is 35.5 Å². The first-order chi connectivity index (χ1) is 13.0. The quantitative estimate of drug-likeness (QED) is 0.739. The highest BCUT2D eigenvalue weighted by atomic mass is 16.5. The highest BCUT2D eigenvalue weighted by molar-refractivity contribution is 5.92. The first-order valence-corrected chi connectivity index (χ1v) is 9.27. The van der Waals surface area contributed by atoms with Gasteiger partial charge in [-0.15, -0.1) is 0 Å². The number of aromatic nitrogens is 3. The Hall–Kier alpha value is -2.68. The minimum absolute atomic E-state index is 0.0174. The van der Waals surface area contributed by atoms with Crippen LogP contribution in [0.2, 0.25) is 0 Å². The number of nitrogens with zero attached hydrogens (tertiary/aromatic N) is 4. The molecule has 3 rings (SSSR count). The SMILES string of the molecule is CCNC(=O)[C@@H]1C[C@H](NC(=O)c2ccon2)CN1Cc1cn(CC)nc1C. The molecular formula is C18H26N6O3. The van der Waals surface area contributed by atoms with E-state index in [9.17, 15) is 9.59 Å². The third-order valence-electron chi connectivity index (χ3n) is 4.81. The fraction of sp³-hybridized carbons (Fsp3) is 0.556. The van der Waals surface area contributed by atoms with Gasteiger partial charge in [-0.05, 0) is 27.2 Å². The summed E-state index contributed by atoms with van der Waals surface area (Å²) in [7, 11) is 0. The van der Waals surface area contributed by atoms with E-state index in [4.69, 9.17) is 4.52 Å². The third-order valence-corrected chi connectivity index (χ3v) is 4.81. The van der Waals surface area contributed by atoms with Gasteiger partial charge in [-0.1, -0.05) is 5.16 Å². The van der Waals surface area contributed by atoms with Crippen molar-refractivity contribution in [2.75, 3.05) is 13.1 Å². The van der Waals surface area contributed by atoms with E-state index in [2.05, 4.69) is 25.8 Å². The Morgan fingerprint density at radius 1 is 1.37 bits per heavy atom. The van der Waals surface area contributed by atoms with Gasteiger partial charge in [0.15, 0.2) is 5.69 Å². The Morgan fingerprint density at radius 2 is 2.19 bits per heavy atom. The highest BCUT2D eigenvalue weighted by Crippen LogP contribution is 2.22. The largest absolute Gasteiger partial charge is 0.364 e. The molecule has 1 aliphatic heterocycles. The Kier molecular flexibility index (Phi) is 5.90. The minimum atomic E-state index is -0.295. The zero-order valence-electron chi connectivity index (χ0n) is 15.9. The van der Waals surface area contributed by atoms with Gasteiger partial charge in [0, 0.05) is 50.0 Å². The molecule has 2 amide bonds. The summed E-state index contributed by atoms with van der Waals surface area (Å²) in [5, 5.41) is 14.0. The molecule has 146 valence electrons. The van der Waals surface area contributed by atoms with Crippen LogP contribution in [0.5, 0.6) is 0 Å². The second-order valence-electron chi connectivity index (χ2n) is 6.73. The first kappa shape index (κ1) is 19.1. The summed E-state index contributed by atoms with van der Waals surface area (Å²) in [4.78, 5) is 26.9. The van der Waals surface area contributed by atoms with Crippen LogP contribution >= 0.6 is 0 Å². The highest BCUT2D eigenvalue weighted by Gasteiger charge is 2.37. The number of likely N-dealkylation sites (tertiary alicyclic amines) is 1. The van der Waals surface area contributed by atoms with Crippen molar-refractivity contribution >= 4 is 11.8 Å². The normalized spacial score (nSPS) is 20.0. The van der Waals surface area contributed by atoms with Gasteiger partial charge in [0.1, 0.15) is 6.26 Å². The Balaban J connectivity index is 1.72. The molecule has 0 unspecified atom stereocenters. The molecule has 9 heteroatoms. The zero-order valence-corrected chi connectivity index (χ0v) is 15.9. The maximum absolute atomic E-state index is 12.5. The smallest absolute Gasteiger partial charge is 0.273 e. The van der Waals surface area contributed by atoms with Gasteiger partial charge in [0.05, 0.1) is 11.7 Å². The van der Waals surface area contributed by atoms with Crippen molar-refractivity contribution in [2.45, 2.75) is 52.4 Å². The van der Waals surface area contributed by atoms with E-state index >= 15 is 0 Å². The third kappa shape index (κ3) is 4.36. The van der Waals surface area contributed by atoms with E-state index in [0.29, 0.717) is 26.1 Å². The molecule has 0 saturated carbocycles. The number of carbonyl (C=O) groups is 2. The zero-order chi connectivity index (χ0) is 19.4.